The predicted octanol–water partition coefficient (Wildman–Crippen LogP) is 3.41. The number of carbonyl (C=O) groups excluding carboxylic acids is 1. The van der Waals surface area contributed by atoms with Crippen molar-refractivity contribution in [2.45, 2.75) is 0 Å². The van der Waals surface area contributed by atoms with Gasteiger partial charge in [-0.3, -0.25) is 4.79 Å². The molecule has 0 aliphatic heterocycles. The number of nitrogens with one attached hydrogen (secondary N) is 1. The Balaban J connectivity index is 0.00000144. The standard InChI is InChI=1S/C12H9ClN2O.ClH/c13-10-6-2-1-5-9(10)12(16)15-11-7-3-4-8-14-11;/h1-8H,(H,14,15,16);1H. The summed E-state index contributed by atoms with van der Waals surface area (Å²) < 4.78 is 0. The summed E-state index contributed by atoms with van der Waals surface area (Å²) in [6.45, 7) is 0. The van der Waals surface area contributed by atoms with E-state index in [2.05, 4.69) is 10.3 Å². The van der Waals surface area contributed by atoms with Crippen LogP contribution in [0.15, 0.2) is 48.7 Å². The molecule has 0 atom stereocenters. The lowest BCUT2D eigenvalue weighted by atomic mass is 10.2. The smallest absolute Gasteiger partial charge is 0.258 e. The fraction of sp³-hybridized carbons (Fsp3) is 0. The van der Waals surface area contributed by atoms with Gasteiger partial charge in [0.25, 0.3) is 5.91 Å². The number of pyridine rings is 1. The zero-order chi connectivity index (χ0) is 11.4. The van der Waals surface area contributed by atoms with Gasteiger partial charge < -0.3 is 5.32 Å². The number of hydrogen-bond donors (Lipinski definition) is 1. The van der Waals surface area contributed by atoms with E-state index in [9.17, 15) is 4.79 Å². The van der Waals surface area contributed by atoms with Crippen molar-refractivity contribution < 1.29 is 4.79 Å². The average Bonchev–Trinajstić information content (AvgIpc) is 2.31. The maximum atomic E-state index is 11.8. The zero-order valence-corrected chi connectivity index (χ0v) is 10.3. The monoisotopic (exact) mass is 268 g/mol. The summed E-state index contributed by atoms with van der Waals surface area (Å²) in [6.07, 6.45) is 1.61. The van der Waals surface area contributed by atoms with Gasteiger partial charge in [-0.15, -0.1) is 12.4 Å². The molecule has 3 nitrogen and oxygen atoms in total. The second-order valence-corrected chi connectivity index (χ2v) is 3.56. The van der Waals surface area contributed by atoms with Crippen LogP contribution in [0.3, 0.4) is 0 Å². The van der Waals surface area contributed by atoms with E-state index >= 15 is 0 Å². The molecular weight excluding hydrogens is 259 g/mol. The molecule has 1 aromatic heterocycles. The number of anilines is 1. The highest BCUT2D eigenvalue weighted by Gasteiger charge is 2.09. The van der Waals surface area contributed by atoms with E-state index in [0.717, 1.165) is 0 Å². The van der Waals surface area contributed by atoms with Gasteiger partial charge in [0.05, 0.1) is 10.6 Å². The lowest BCUT2D eigenvalue weighted by Crippen LogP contribution is -2.13. The second kappa shape index (κ2) is 6.23. The van der Waals surface area contributed by atoms with Crippen LogP contribution in [-0.4, -0.2) is 10.9 Å². The summed E-state index contributed by atoms with van der Waals surface area (Å²) in [5, 5.41) is 3.09. The number of benzene rings is 1. The largest absolute Gasteiger partial charge is 0.307 e. The number of rotatable bonds is 2. The van der Waals surface area contributed by atoms with Gasteiger partial charge in [-0.25, -0.2) is 4.98 Å². The highest BCUT2D eigenvalue weighted by molar-refractivity contribution is 6.34. The molecule has 1 N–H and O–H groups in total. The molecule has 0 spiro atoms. The molecule has 2 rings (SSSR count). The Morgan fingerprint density at radius 1 is 1.12 bits per heavy atom. The highest BCUT2D eigenvalue weighted by atomic mass is 35.5. The van der Waals surface area contributed by atoms with E-state index in [1.807, 2.05) is 0 Å². The van der Waals surface area contributed by atoms with Gasteiger partial charge in [-0.1, -0.05) is 29.8 Å². The number of amides is 1. The van der Waals surface area contributed by atoms with Gasteiger partial charge in [0, 0.05) is 6.20 Å². The Morgan fingerprint density at radius 3 is 2.47 bits per heavy atom. The topological polar surface area (TPSA) is 42.0 Å². The molecule has 5 heteroatoms. The van der Waals surface area contributed by atoms with Gasteiger partial charge in [-0.05, 0) is 24.3 Å². The Morgan fingerprint density at radius 2 is 1.82 bits per heavy atom. The summed E-state index contributed by atoms with van der Waals surface area (Å²) in [4.78, 5) is 15.8. The lowest BCUT2D eigenvalue weighted by molar-refractivity contribution is 0.102. The third-order valence-corrected chi connectivity index (χ3v) is 2.35. The van der Waals surface area contributed by atoms with Crippen LogP contribution in [0, 0.1) is 0 Å². The van der Waals surface area contributed by atoms with Gasteiger partial charge in [-0.2, -0.15) is 0 Å². The van der Waals surface area contributed by atoms with E-state index in [0.29, 0.717) is 16.4 Å². The zero-order valence-electron chi connectivity index (χ0n) is 8.76. The molecular formula is C12H10Cl2N2O. The number of halogens is 2. The van der Waals surface area contributed by atoms with E-state index in [4.69, 9.17) is 11.6 Å². The van der Waals surface area contributed by atoms with E-state index in [1.165, 1.54) is 0 Å². The minimum absolute atomic E-state index is 0. The number of aromatic nitrogens is 1. The molecule has 0 saturated heterocycles. The molecule has 0 radical (unpaired) electrons. The summed E-state index contributed by atoms with van der Waals surface area (Å²) in [5.74, 6) is 0.247. The molecule has 1 aromatic carbocycles. The molecule has 2 aromatic rings. The Hall–Kier alpha value is -1.58. The fourth-order valence-corrected chi connectivity index (χ4v) is 1.49. The van der Waals surface area contributed by atoms with Crippen molar-refractivity contribution >= 4 is 35.7 Å². The summed E-state index contributed by atoms with van der Waals surface area (Å²) in [7, 11) is 0. The van der Waals surface area contributed by atoms with Crippen molar-refractivity contribution in [2.24, 2.45) is 0 Å². The molecule has 88 valence electrons. The Bertz CT molecular complexity index is 503. The van der Waals surface area contributed by atoms with Crippen molar-refractivity contribution in [1.29, 1.82) is 0 Å². The molecule has 1 heterocycles. The van der Waals surface area contributed by atoms with Crippen molar-refractivity contribution in [2.75, 3.05) is 5.32 Å². The van der Waals surface area contributed by atoms with Crippen molar-refractivity contribution in [1.82, 2.24) is 4.98 Å². The normalized spacial score (nSPS) is 9.24. The van der Waals surface area contributed by atoms with E-state index in [1.54, 1.807) is 48.7 Å². The van der Waals surface area contributed by atoms with Crippen LogP contribution in [0.25, 0.3) is 0 Å². The summed E-state index contributed by atoms with van der Waals surface area (Å²) >= 11 is 5.90. The SMILES string of the molecule is Cl.O=C(Nc1ccccn1)c1ccccc1Cl. The lowest BCUT2D eigenvalue weighted by Gasteiger charge is -2.05. The van der Waals surface area contributed by atoms with Gasteiger partial charge in [0.2, 0.25) is 0 Å². The molecule has 17 heavy (non-hydrogen) atoms. The number of hydrogen-bond acceptors (Lipinski definition) is 2. The van der Waals surface area contributed by atoms with E-state index < -0.39 is 0 Å². The van der Waals surface area contributed by atoms with Crippen LogP contribution in [-0.2, 0) is 0 Å². The van der Waals surface area contributed by atoms with Gasteiger partial charge >= 0.3 is 0 Å². The van der Waals surface area contributed by atoms with Crippen LogP contribution >= 0.6 is 24.0 Å². The van der Waals surface area contributed by atoms with Crippen molar-refractivity contribution in [3.8, 4) is 0 Å². The quantitative estimate of drug-likeness (QED) is 0.907. The first-order valence-corrected chi connectivity index (χ1v) is 5.12. The second-order valence-electron chi connectivity index (χ2n) is 3.15. The van der Waals surface area contributed by atoms with Crippen LogP contribution < -0.4 is 5.32 Å². The maximum absolute atomic E-state index is 11.8. The van der Waals surface area contributed by atoms with Crippen LogP contribution in [0.1, 0.15) is 10.4 Å². The molecule has 1 amide bonds. The molecule has 0 aliphatic rings. The first-order chi connectivity index (χ1) is 7.77. The molecule has 0 fully saturated rings. The Kier molecular flexibility index (Phi) is 4.94. The number of carbonyl (C=O) groups is 1. The summed E-state index contributed by atoms with van der Waals surface area (Å²) in [5.41, 5.74) is 0.440. The molecule has 0 unspecified atom stereocenters. The van der Waals surface area contributed by atoms with Crippen molar-refractivity contribution in [3.05, 3.63) is 59.2 Å². The van der Waals surface area contributed by atoms with Crippen LogP contribution in [0.4, 0.5) is 5.82 Å². The first kappa shape index (κ1) is 13.5. The predicted molar refractivity (Wildman–Crippen MR) is 70.9 cm³/mol. The van der Waals surface area contributed by atoms with Crippen LogP contribution in [0.2, 0.25) is 5.02 Å². The minimum Gasteiger partial charge on any atom is -0.307 e. The molecule has 0 aliphatic carbocycles. The highest BCUT2D eigenvalue weighted by Crippen LogP contribution is 2.16. The third kappa shape index (κ3) is 3.44. The average molecular weight is 269 g/mol. The molecule has 0 bridgehead atoms. The van der Waals surface area contributed by atoms with Crippen LogP contribution in [0.5, 0.6) is 0 Å². The number of nitrogens with zero attached hydrogens (tertiary/aromatic N) is 1. The third-order valence-electron chi connectivity index (χ3n) is 2.02. The molecule has 0 saturated carbocycles. The fourth-order valence-electron chi connectivity index (χ4n) is 1.27. The van der Waals surface area contributed by atoms with Gasteiger partial charge in [0.15, 0.2) is 0 Å². The van der Waals surface area contributed by atoms with Gasteiger partial charge in [0.1, 0.15) is 5.82 Å². The summed E-state index contributed by atoms with van der Waals surface area (Å²) in [6, 6.07) is 12.2. The maximum Gasteiger partial charge on any atom is 0.258 e. The Labute approximate surface area is 110 Å². The van der Waals surface area contributed by atoms with Crippen molar-refractivity contribution in [3.63, 3.8) is 0 Å². The minimum atomic E-state index is -0.260. The first-order valence-electron chi connectivity index (χ1n) is 4.74. The van der Waals surface area contributed by atoms with E-state index in [-0.39, 0.29) is 18.3 Å².